The predicted molar refractivity (Wildman–Crippen MR) is 160 cm³/mol. The van der Waals surface area contributed by atoms with Gasteiger partial charge in [-0.1, -0.05) is 0 Å². The number of rotatable bonds is 20. The molecule has 212 valence electrons. The summed E-state index contributed by atoms with van der Waals surface area (Å²) >= 11 is -2.32. The maximum atomic E-state index is 12.7. The van der Waals surface area contributed by atoms with Gasteiger partial charge in [-0.2, -0.15) is 0 Å². The Morgan fingerprint density at radius 1 is 1.08 bits per heavy atom. The van der Waals surface area contributed by atoms with Crippen LogP contribution in [0.2, 0.25) is 13.3 Å². The van der Waals surface area contributed by atoms with Crippen LogP contribution in [-0.4, -0.2) is 55.5 Å². The zero-order chi connectivity index (χ0) is 27.5. The van der Waals surface area contributed by atoms with Crippen LogP contribution in [0.15, 0.2) is 35.0 Å². The topological polar surface area (TPSA) is 67.4 Å². The standard InChI is InChI=1S/C19H29N2O3.3C4H9.Sn/c1-5-8-15(10-11-17(22)21-12-6-2)18(14(3)4)24-19(23)16-9-7-13-20-16;3*1-3-4-2;/h2,5-6,10-11,14-16,18,20H,1,7-9,12-13H2,3-4H3,(H,21,22);3*1,3-4H2,2H3;/b6-2?,11-10+;;;;/t15-,16-,18-;;;;/m1..../s1. The molecule has 5 nitrogen and oxygen atoms in total. The molecule has 0 aromatic heterocycles. The van der Waals surface area contributed by atoms with Crippen LogP contribution in [-0.2, 0) is 14.3 Å². The van der Waals surface area contributed by atoms with Crippen LogP contribution in [0.4, 0.5) is 0 Å². The number of ether oxygens (including phenoxy) is 1. The van der Waals surface area contributed by atoms with Gasteiger partial charge in [0.15, 0.2) is 0 Å². The van der Waals surface area contributed by atoms with Crippen LogP contribution in [0.5, 0.6) is 0 Å². The number of hydrogen-bond acceptors (Lipinski definition) is 4. The zero-order valence-electron chi connectivity index (χ0n) is 24.5. The van der Waals surface area contributed by atoms with Crippen molar-refractivity contribution in [1.29, 1.82) is 0 Å². The van der Waals surface area contributed by atoms with Crippen LogP contribution < -0.4 is 10.6 Å². The molecule has 1 rings (SSSR count). The SMILES string of the molecule is C=CC[C@H](/C=C/C(=O)NC/C=[CH]/[Sn]([CH2]CCC)([CH2]CCC)[CH2]CCC)[C@H](OC(=O)[C@H]1CCCN1)C(C)C. The first kappa shape index (κ1) is 33.9. The number of amides is 1. The minimum atomic E-state index is -2.32. The Morgan fingerprint density at radius 2 is 1.70 bits per heavy atom. The van der Waals surface area contributed by atoms with Crippen molar-refractivity contribution >= 4 is 30.3 Å². The van der Waals surface area contributed by atoms with E-state index in [1.807, 2.05) is 12.2 Å². The summed E-state index contributed by atoms with van der Waals surface area (Å²) in [5.41, 5.74) is 0. The van der Waals surface area contributed by atoms with Crippen molar-refractivity contribution in [3.05, 3.63) is 35.0 Å². The van der Waals surface area contributed by atoms with E-state index >= 15 is 0 Å². The van der Waals surface area contributed by atoms with Crippen molar-refractivity contribution in [3.8, 4) is 0 Å². The fourth-order valence-electron chi connectivity index (χ4n) is 5.28. The zero-order valence-corrected chi connectivity index (χ0v) is 27.4. The summed E-state index contributed by atoms with van der Waals surface area (Å²) in [4.78, 5) is 25.3. The van der Waals surface area contributed by atoms with Gasteiger partial charge in [0.05, 0.1) is 0 Å². The second-order valence-electron chi connectivity index (χ2n) is 11.2. The molecule has 0 aromatic rings. The summed E-state index contributed by atoms with van der Waals surface area (Å²) in [7, 11) is 0. The van der Waals surface area contributed by atoms with E-state index in [4.69, 9.17) is 4.74 Å². The first-order chi connectivity index (χ1) is 17.8. The van der Waals surface area contributed by atoms with Crippen LogP contribution in [0.1, 0.15) is 92.4 Å². The molecule has 1 aliphatic heterocycles. The van der Waals surface area contributed by atoms with Crippen molar-refractivity contribution < 1.29 is 14.3 Å². The number of unbranched alkanes of at least 4 members (excludes halogenated alkanes) is 3. The molecule has 1 amide bonds. The normalized spacial score (nSPS) is 17.9. The minimum absolute atomic E-state index is 0.0786. The van der Waals surface area contributed by atoms with E-state index in [1.165, 1.54) is 51.8 Å². The molecule has 37 heavy (non-hydrogen) atoms. The molecule has 0 bridgehead atoms. The molecule has 0 radical (unpaired) electrons. The van der Waals surface area contributed by atoms with E-state index in [1.54, 1.807) is 6.08 Å². The third kappa shape index (κ3) is 13.5. The van der Waals surface area contributed by atoms with Crippen molar-refractivity contribution in [2.45, 2.75) is 118 Å². The number of hydrogen-bond donors (Lipinski definition) is 2. The first-order valence-corrected chi connectivity index (χ1v) is 22.7. The summed E-state index contributed by atoms with van der Waals surface area (Å²) in [6.07, 6.45) is 17.6. The molecular weight excluding hydrogens is 567 g/mol. The van der Waals surface area contributed by atoms with E-state index in [0.29, 0.717) is 13.0 Å². The van der Waals surface area contributed by atoms with Gasteiger partial charge >= 0.3 is 208 Å². The first-order valence-electron chi connectivity index (χ1n) is 15.0. The van der Waals surface area contributed by atoms with Crippen LogP contribution in [0, 0.1) is 11.8 Å². The van der Waals surface area contributed by atoms with Gasteiger partial charge in [-0.25, -0.2) is 0 Å². The van der Waals surface area contributed by atoms with Gasteiger partial charge in [-0.15, -0.1) is 0 Å². The molecule has 0 saturated carbocycles. The van der Waals surface area contributed by atoms with Gasteiger partial charge in [0.2, 0.25) is 0 Å². The summed E-state index contributed by atoms with van der Waals surface area (Å²) in [5.74, 6) is -0.218. The van der Waals surface area contributed by atoms with Gasteiger partial charge in [0.1, 0.15) is 0 Å². The van der Waals surface area contributed by atoms with Crippen LogP contribution >= 0.6 is 0 Å². The van der Waals surface area contributed by atoms with E-state index in [9.17, 15) is 9.59 Å². The molecule has 0 spiro atoms. The van der Waals surface area contributed by atoms with Crippen LogP contribution in [0.25, 0.3) is 0 Å². The summed E-state index contributed by atoms with van der Waals surface area (Å²) < 4.78 is 12.8. The summed E-state index contributed by atoms with van der Waals surface area (Å²) in [6.45, 7) is 16.3. The number of allylic oxidation sites excluding steroid dienone is 1. The van der Waals surface area contributed by atoms with E-state index in [-0.39, 0.29) is 35.9 Å². The molecule has 0 unspecified atom stereocenters. The van der Waals surface area contributed by atoms with Gasteiger partial charge in [-0.05, 0) is 19.4 Å². The van der Waals surface area contributed by atoms with Crippen molar-refractivity contribution in [1.82, 2.24) is 10.6 Å². The van der Waals surface area contributed by atoms with Crippen LogP contribution in [0.3, 0.4) is 0 Å². The quantitative estimate of drug-likeness (QED) is 0.0657. The van der Waals surface area contributed by atoms with E-state index in [2.05, 4.69) is 62.0 Å². The molecular formula is C31H56N2O3Sn. The fraction of sp³-hybridized carbons (Fsp3) is 0.742. The predicted octanol–water partition coefficient (Wildman–Crippen LogP) is 7.12. The third-order valence-electron chi connectivity index (χ3n) is 7.56. The van der Waals surface area contributed by atoms with Gasteiger partial charge in [0, 0.05) is 0 Å². The Hall–Kier alpha value is -1.08. The summed E-state index contributed by atoms with van der Waals surface area (Å²) in [5, 5.41) is 6.27. The molecule has 1 heterocycles. The molecule has 1 aliphatic rings. The fourth-order valence-corrected chi connectivity index (χ4v) is 19.7. The number of carbonyl (C=O) groups excluding carboxylic acids is 2. The Kier molecular flexibility index (Phi) is 18.3. The van der Waals surface area contributed by atoms with E-state index in [0.717, 1.165) is 19.4 Å². The van der Waals surface area contributed by atoms with Gasteiger partial charge in [-0.3, -0.25) is 0 Å². The van der Waals surface area contributed by atoms with E-state index < -0.39 is 18.4 Å². The second kappa shape index (κ2) is 19.9. The molecule has 0 aliphatic carbocycles. The van der Waals surface area contributed by atoms with Gasteiger partial charge < -0.3 is 5.32 Å². The number of nitrogens with one attached hydrogen (secondary N) is 2. The van der Waals surface area contributed by atoms with Crippen molar-refractivity contribution in [2.24, 2.45) is 11.8 Å². The maximum absolute atomic E-state index is 12.7. The molecule has 2 N–H and O–H groups in total. The Bertz CT molecular complexity index is 691. The average molecular weight is 624 g/mol. The van der Waals surface area contributed by atoms with Gasteiger partial charge in [0.25, 0.3) is 0 Å². The monoisotopic (exact) mass is 624 g/mol. The Balaban J connectivity index is 2.78. The number of esters is 1. The number of carbonyl (C=O) groups is 2. The Morgan fingerprint density at radius 3 is 2.19 bits per heavy atom. The second-order valence-corrected chi connectivity index (χ2v) is 24.2. The molecule has 0 aromatic carbocycles. The Labute approximate surface area is 232 Å². The van der Waals surface area contributed by atoms with Crippen molar-refractivity contribution in [3.63, 3.8) is 0 Å². The molecule has 6 heteroatoms. The average Bonchev–Trinajstić information content (AvgIpc) is 3.43. The molecule has 1 saturated heterocycles. The third-order valence-corrected chi connectivity index (χ3v) is 21.8. The summed E-state index contributed by atoms with van der Waals surface area (Å²) in [6, 6.07) is -0.214. The molecule has 3 atom stereocenters. The molecule has 1 fully saturated rings. The van der Waals surface area contributed by atoms with Crippen molar-refractivity contribution in [2.75, 3.05) is 13.1 Å².